The van der Waals surface area contributed by atoms with Crippen molar-refractivity contribution < 1.29 is 17.9 Å². The van der Waals surface area contributed by atoms with Gasteiger partial charge in [-0.05, 0) is 50.8 Å². The summed E-state index contributed by atoms with van der Waals surface area (Å²) in [5, 5.41) is 2.89. The smallest absolute Gasteiger partial charge is 0.166 e. The van der Waals surface area contributed by atoms with E-state index in [1.165, 1.54) is 12.1 Å². The van der Waals surface area contributed by atoms with Crippen LogP contribution in [0.15, 0.2) is 102 Å². The van der Waals surface area contributed by atoms with Gasteiger partial charge in [0.15, 0.2) is 11.6 Å². The fraction of sp³-hybridized carbons (Fsp3) is 0.250. The van der Waals surface area contributed by atoms with E-state index in [4.69, 9.17) is 4.74 Å². The van der Waals surface area contributed by atoms with Crippen molar-refractivity contribution in [3.8, 4) is 0 Å². The molecule has 186 valence electrons. The fourth-order valence-electron chi connectivity index (χ4n) is 2.33. The molecule has 0 bridgehead atoms. The molecule has 0 fully saturated rings. The maximum absolute atomic E-state index is 14.0. The van der Waals surface area contributed by atoms with Crippen LogP contribution in [-0.2, 0) is 4.74 Å². The van der Waals surface area contributed by atoms with Crippen molar-refractivity contribution in [2.24, 2.45) is 4.99 Å². The average molecular weight is 475 g/mol. The molecule has 1 N–H and O–H groups in total. The van der Waals surface area contributed by atoms with Crippen molar-refractivity contribution in [1.29, 1.82) is 0 Å². The molecule has 1 aromatic carbocycles. The van der Waals surface area contributed by atoms with Crippen molar-refractivity contribution in [2.45, 2.75) is 20.8 Å². The van der Waals surface area contributed by atoms with Gasteiger partial charge in [0.1, 0.15) is 19.0 Å². The van der Waals surface area contributed by atoms with E-state index in [2.05, 4.69) is 36.8 Å². The molecular formula is C28H37F3N2O. The maximum Gasteiger partial charge on any atom is 0.166 e. The van der Waals surface area contributed by atoms with Crippen molar-refractivity contribution in [1.82, 2.24) is 5.32 Å². The lowest BCUT2D eigenvalue weighted by Crippen LogP contribution is -2.08. The van der Waals surface area contributed by atoms with Gasteiger partial charge in [-0.1, -0.05) is 55.2 Å². The Bertz CT molecular complexity index is 897. The van der Waals surface area contributed by atoms with Crippen LogP contribution in [0.3, 0.4) is 0 Å². The third-order valence-electron chi connectivity index (χ3n) is 4.03. The quantitative estimate of drug-likeness (QED) is 0.156. The fourth-order valence-corrected chi connectivity index (χ4v) is 2.33. The molecule has 1 rings (SSSR count). The SMILES string of the molecule is C=C.C=C/C(=C\C=C/C)CN=C.C\C=C/C(=C\C(OCCF)=C(\C)NC)c1cccc(F)c1F. The summed E-state index contributed by atoms with van der Waals surface area (Å²) in [7, 11) is 1.69. The zero-order valence-electron chi connectivity index (χ0n) is 20.7. The van der Waals surface area contributed by atoms with Crippen LogP contribution in [0.2, 0.25) is 0 Å². The average Bonchev–Trinajstić information content (AvgIpc) is 2.86. The summed E-state index contributed by atoms with van der Waals surface area (Å²) in [4.78, 5) is 3.74. The molecule has 0 saturated heterocycles. The molecule has 0 spiro atoms. The second-order valence-electron chi connectivity index (χ2n) is 6.33. The van der Waals surface area contributed by atoms with Crippen LogP contribution in [-0.4, -0.2) is 33.6 Å². The molecule has 0 heterocycles. The second-order valence-corrected chi connectivity index (χ2v) is 6.33. The first-order chi connectivity index (χ1) is 16.4. The van der Waals surface area contributed by atoms with E-state index in [0.717, 1.165) is 11.6 Å². The molecule has 6 heteroatoms. The topological polar surface area (TPSA) is 33.6 Å². The van der Waals surface area contributed by atoms with E-state index in [1.54, 1.807) is 45.2 Å². The van der Waals surface area contributed by atoms with Gasteiger partial charge < -0.3 is 10.1 Å². The Labute approximate surface area is 203 Å². The molecule has 0 radical (unpaired) electrons. The van der Waals surface area contributed by atoms with Gasteiger partial charge >= 0.3 is 0 Å². The minimum absolute atomic E-state index is 0.112. The number of alkyl halides is 1. The largest absolute Gasteiger partial charge is 0.489 e. The molecular weight excluding hydrogens is 437 g/mol. The molecule has 0 aliphatic heterocycles. The third kappa shape index (κ3) is 13.1. The highest BCUT2D eigenvalue weighted by molar-refractivity contribution is 5.76. The third-order valence-corrected chi connectivity index (χ3v) is 4.03. The highest BCUT2D eigenvalue weighted by Gasteiger charge is 2.12. The summed E-state index contributed by atoms with van der Waals surface area (Å²) in [6, 6.07) is 3.97. The van der Waals surface area contributed by atoms with Crippen molar-refractivity contribution in [2.75, 3.05) is 26.9 Å². The number of hydrogen-bond donors (Lipinski definition) is 1. The standard InChI is InChI=1S/C17H20F3NO.C9H13N.C2H4/c1-4-6-13(14-7-5-8-15(19)17(14)20)11-16(12(2)21-3)22-10-9-18;1-4-6-7-9(5-2)8-10-3;1-2/h4-8,11,21H,9-10H2,1-3H3;4-7H,2-3,8H2,1H3;1-2H2/b6-4-,13-11+,16-12+;6-4-,9-7+;. The Morgan fingerprint density at radius 3 is 2.35 bits per heavy atom. The molecule has 0 aliphatic carbocycles. The zero-order valence-corrected chi connectivity index (χ0v) is 20.7. The van der Waals surface area contributed by atoms with Crippen LogP contribution in [0, 0.1) is 11.6 Å². The van der Waals surface area contributed by atoms with Gasteiger partial charge in [0, 0.05) is 12.6 Å². The Hall–Kier alpha value is -3.54. The van der Waals surface area contributed by atoms with Gasteiger partial charge in [0.2, 0.25) is 0 Å². The first kappa shape index (κ1) is 32.6. The first-order valence-corrected chi connectivity index (χ1v) is 10.6. The van der Waals surface area contributed by atoms with Crippen LogP contribution in [0.25, 0.3) is 5.57 Å². The summed E-state index contributed by atoms with van der Waals surface area (Å²) in [6.07, 6.45) is 12.6. The van der Waals surface area contributed by atoms with Gasteiger partial charge in [-0.2, -0.15) is 0 Å². The minimum atomic E-state index is -0.932. The predicted octanol–water partition coefficient (Wildman–Crippen LogP) is 7.54. The molecule has 0 saturated carbocycles. The predicted molar refractivity (Wildman–Crippen MR) is 142 cm³/mol. The molecule has 0 amide bonds. The number of hydrogen-bond acceptors (Lipinski definition) is 3. The van der Waals surface area contributed by atoms with E-state index in [1.807, 2.05) is 25.2 Å². The van der Waals surface area contributed by atoms with Gasteiger partial charge in [-0.15, -0.1) is 13.2 Å². The van der Waals surface area contributed by atoms with E-state index >= 15 is 0 Å². The van der Waals surface area contributed by atoms with E-state index in [-0.39, 0.29) is 12.2 Å². The lowest BCUT2D eigenvalue weighted by Gasteiger charge is -2.12. The summed E-state index contributed by atoms with van der Waals surface area (Å²) in [6.45, 7) is 18.4. The van der Waals surface area contributed by atoms with Crippen LogP contribution in [0.5, 0.6) is 0 Å². The number of rotatable bonds is 11. The van der Waals surface area contributed by atoms with Crippen LogP contribution >= 0.6 is 0 Å². The number of nitrogens with one attached hydrogen (secondary N) is 1. The molecule has 0 atom stereocenters. The number of allylic oxidation sites excluding steroid dienone is 8. The van der Waals surface area contributed by atoms with Crippen LogP contribution < -0.4 is 5.32 Å². The van der Waals surface area contributed by atoms with Gasteiger partial charge in [-0.25, -0.2) is 13.2 Å². The molecule has 1 aromatic rings. The van der Waals surface area contributed by atoms with E-state index in [9.17, 15) is 13.2 Å². The summed E-state index contributed by atoms with van der Waals surface area (Å²) < 4.78 is 45.1. The highest BCUT2D eigenvalue weighted by Crippen LogP contribution is 2.24. The van der Waals surface area contributed by atoms with Gasteiger partial charge in [0.25, 0.3) is 0 Å². The molecule has 0 aliphatic rings. The van der Waals surface area contributed by atoms with E-state index < -0.39 is 18.3 Å². The Morgan fingerprint density at radius 1 is 1.18 bits per heavy atom. The molecule has 0 unspecified atom stereocenters. The summed E-state index contributed by atoms with van der Waals surface area (Å²) in [5.74, 6) is -1.48. The van der Waals surface area contributed by atoms with Crippen molar-refractivity contribution >= 4 is 12.3 Å². The lowest BCUT2D eigenvalue weighted by molar-refractivity contribution is 0.194. The normalized spacial score (nSPS) is 12.2. The first-order valence-electron chi connectivity index (χ1n) is 10.6. The molecule has 34 heavy (non-hydrogen) atoms. The second kappa shape index (κ2) is 21.3. The Kier molecular flexibility index (Phi) is 20.5. The highest BCUT2D eigenvalue weighted by atomic mass is 19.2. The number of halogens is 3. The lowest BCUT2D eigenvalue weighted by atomic mass is 10.0. The minimum Gasteiger partial charge on any atom is -0.489 e. The Balaban J connectivity index is 0. The van der Waals surface area contributed by atoms with Gasteiger partial charge in [0.05, 0.1) is 12.2 Å². The van der Waals surface area contributed by atoms with Crippen LogP contribution in [0.1, 0.15) is 26.3 Å². The molecule has 3 nitrogen and oxygen atoms in total. The number of ether oxygens (including phenoxy) is 1. The Morgan fingerprint density at radius 2 is 1.85 bits per heavy atom. The van der Waals surface area contributed by atoms with Crippen LogP contribution in [0.4, 0.5) is 13.2 Å². The van der Waals surface area contributed by atoms with Crippen molar-refractivity contribution in [3.63, 3.8) is 0 Å². The maximum atomic E-state index is 14.0. The number of nitrogens with zero attached hydrogens (tertiary/aromatic N) is 1. The number of benzene rings is 1. The van der Waals surface area contributed by atoms with E-state index in [0.29, 0.717) is 23.6 Å². The summed E-state index contributed by atoms with van der Waals surface area (Å²) in [5.41, 5.74) is 2.30. The van der Waals surface area contributed by atoms with Crippen molar-refractivity contribution in [3.05, 3.63) is 115 Å². The monoisotopic (exact) mass is 474 g/mol. The zero-order chi connectivity index (χ0) is 26.4. The molecule has 0 aromatic heterocycles. The van der Waals surface area contributed by atoms with Gasteiger partial charge in [-0.3, -0.25) is 4.99 Å². The number of aliphatic imine (C=N–C) groups is 1. The summed E-state index contributed by atoms with van der Waals surface area (Å²) >= 11 is 0.